The zero-order valence-electron chi connectivity index (χ0n) is 14.1. The molecule has 0 aromatic heterocycles. The van der Waals surface area contributed by atoms with Crippen molar-refractivity contribution in [2.24, 2.45) is 11.8 Å². The Labute approximate surface area is 144 Å². The minimum atomic E-state index is 0.813. The van der Waals surface area contributed by atoms with Crippen molar-refractivity contribution in [3.8, 4) is 17.2 Å². The molecule has 2 aromatic carbocycles. The molecule has 0 radical (unpaired) electrons. The van der Waals surface area contributed by atoms with Gasteiger partial charge in [0, 0.05) is 6.54 Å². The Balaban J connectivity index is 1.25. The third-order valence-electron chi connectivity index (χ3n) is 5.35. The van der Waals surface area contributed by atoms with Crippen LogP contribution < -0.4 is 9.47 Å². The molecule has 3 heteroatoms. The van der Waals surface area contributed by atoms with Gasteiger partial charge < -0.3 is 14.4 Å². The van der Waals surface area contributed by atoms with Gasteiger partial charge >= 0.3 is 0 Å². The van der Waals surface area contributed by atoms with Crippen LogP contribution in [0.2, 0.25) is 0 Å². The lowest BCUT2D eigenvalue weighted by molar-refractivity contribution is 0.0397. The fraction of sp³-hybridized carbons (Fsp3) is 0.429. The van der Waals surface area contributed by atoms with E-state index >= 15 is 0 Å². The highest BCUT2D eigenvalue weighted by Gasteiger charge is 2.33. The molecule has 1 unspecified atom stereocenters. The summed E-state index contributed by atoms with van der Waals surface area (Å²) in [5.41, 5.74) is 0. The summed E-state index contributed by atoms with van der Waals surface area (Å²) in [4.78, 5) is 2.61. The molecule has 3 aliphatic heterocycles. The number of fused-ring (bicyclic) bond motifs is 3. The molecule has 5 rings (SSSR count). The molecule has 1 atom stereocenters. The molecule has 0 aliphatic carbocycles. The van der Waals surface area contributed by atoms with Crippen LogP contribution in [0.3, 0.4) is 0 Å². The number of rotatable bonds is 6. The Hall–Kier alpha value is -2.00. The first-order valence-corrected chi connectivity index (χ1v) is 9.05. The molecule has 0 N–H and O–H groups in total. The maximum absolute atomic E-state index is 5.95. The SMILES string of the molecule is c1ccc(Oc2ccc(OCCC3CN4CCC3CC4)cc2)cc1. The molecule has 0 spiro atoms. The number of para-hydroxylation sites is 1. The van der Waals surface area contributed by atoms with E-state index in [0.717, 1.165) is 35.7 Å². The van der Waals surface area contributed by atoms with Gasteiger partial charge in [-0.15, -0.1) is 0 Å². The van der Waals surface area contributed by atoms with Crippen molar-refractivity contribution < 1.29 is 9.47 Å². The Morgan fingerprint density at radius 1 is 0.833 bits per heavy atom. The van der Waals surface area contributed by atoms with Gasteiger partial charge in [-0.25, -0.2) is 0 Å². The van der Waals surface area contributed by atoms with Crippen LogP contribution in [0.5, 0.6) is 17.2 Å². The number of hydrogen-bond acceptors (Lipinski definition) is 3. The fourth-order valence-electron chi connectivity index (χ4n) is 3.97. The molecule has 3 aliphatic rings. The van der Waals surface area contributed by atoms with Crippen molar-refractivity contribution in [1.82, 2.24) is 4.90 Å². The standard InChI is InChI=1S/C21H25NO2/c1-2-4-20(5-3-1)24-21-8-6-19(7-9-21)23-15-12-18-16-22-13-10-17(18)11-14-22/h1-9,17-18H,10-16H2. The third-order valence-corrected chi connectivity index (χ3v) is 5.35. The van der Waals surface area contributed by atoms with E-state index in [1.165, 1.54) is 38.9 Å². The van der Waals surface area contributed by atoms with Crippen molar-refractivity contribution in [1.29, 1.82) is 0 Å². The van der Waals surface area contributed by atoms with Crippen LogP contribution in [-0.4, -0.2) is 31.1 Å². The minimum absolute atomic E-state index is 0.813. The summed E-state index contributed by atoms with van der Waals surface area (Å²) in [6, 6.07) is 17.8. The molecule has 3 fully saturated rings. The highest BCUT2D eigenvalue weighted by atomic mass is 16.5. The molecule has 2 aromatic rings. The Morgan fingerprint density at radius 3 is 2.17 bits per heavy atom. The van der Waals surface area contributed by atoms with Crippen molar-refractivity contribution in [2.45, 2.75) is 19.3 Å². The predicted molar refractivity (Wildman–Crippen MR) is 95.7 cm³/mol. The second-order valence-electron chi connectivity index (χ2n) is 6.92. The average Bonchev–Trinajstić information content (AvgIpc) is 2.65. The van der Waals surface area contributed by atoms with Gasteiger partial charge in [0.05, 0.1) is 6.61 Å². The molecule has 24 heavy (non-hydrogen) atoms. The molecule has 3 heterocycles. The van der Waals surface area contributed by atoms with E-state index in [4.69, 9.17) is 9.47 Å². The molecule has 0 saturated carbocycles. The van der Waals surface area contributed by atoms with Crippen LogP contribution in [-0.2, 0) is 0 Å². The Bertz CT molecular complexity index is 633. The van der Waals surface area contributed by atoms with Crippen LogP contribution in [0.15, 0.2) is 54.6 Å². The molecular weight excluding hydrogens is 298 g/mol. The topological polar surface area (TPSA) is 21.7 Å². The van der Waals surface area contributed by atoms with E-state index in [-0.39, 0.29) is 0 Å². The second-order valence-corrected chi connectivity index (χ2v) is 6.92. The molecule has 3 saturated heterocycles. The average molecular weight is 323 g/mol. The van der Waals surface area contributed by atoms with E-state index in [1.807, 2.05) is 54.6 Å². The zero-order chi connectivity index (χ0) is 16.2. The number of ether oxygens (including phenoxy) is 2. The molecule has 0 amide bonds. The minimum Gasteiger partial charge on any atom is -0.494 e. The lowest BCUT2D eigenvalue weighted by Gasteiger charge is -2.44. The van der Waals surface area contributed by atoms with Crippen molar-refractivity contribution in [3.05, 3.63) is 54.6 Å². The molecular formula is C21H25NO2. The Morgan fingerprint density at radius 2 is 1.50 bits per heavy atom. The number of hydrogen-bond donors (Lipinski definition) is 0. The zero-order valence-corrected chi connectivity index (χ0v) is 14.1. The van der Waals surface area contributed by atoms with Gasteiger partial charge in [-0.1, -0.05) is 18.2 Å². The number of nitrogens with zero attached hydrogens (tertiary/aromatic N) is 1. The maximum atomic E-state index is 5.95. The summed E-state index contributed by atoms with van der Waals surface area (Å²) in [6.07, 6.45) is 3.94. The largest absolute Gasteiger partial charge is 0.494 e. The fourth-order valence-corrected chi connectivity index (χ4v) is 3.97. The van der Waals surface area contributed by atoms with Crippen LogP contribution in [0, 0.1) is 11.8 Å². The Kier molecular flexibility index (Phi) is 4.70. The number of piperidine rings is 3. The van der Waals surface area contributed by atoms with Crippen LogP contribution >= 0.6 is 0 Å². The van der Waals surface area contributed by atoms with Gasteiger partial charge in [0.25, 0.3) is 0 Å². The third kappa shape index (κ3) is 3.73. The molecule has 3 nitrogen and oxygen atoms in total. The maximum Gasteiger partial charge on any atom is 0.127 e. The molecule has 2 bridgehead atoms. The van der Waals surface area contributed by atoms with E-state index in [1.54, 1.807) is 0 Å². The van der Waals surface area contributed by atoms with Crippen molar-refractivity contribution in [3.63, 3.8) is 0 Å². The summed E-state index contributed by atoms with van der Waals surface area (Å²) in [6.45, 7) is 4.71. The monoisotopic (exact) mass is 323 g/mol. The predicted octanol–water partition coefficient (Wildman–Crippen LogP) is 4.59. The van der Waals surface area contributed by atoms with Gasteiger partial charge in [-0.3, -0.25) is 0 Å². The van der Waals surface area contributed by atoms with Gasteiger partial charge in [0.1, 0.15) is 17.2 Å². The lowest BCUT2D eigenvalue weighted by atomic mass is 9.78. The summed E-state index contributed by atoms with van der Waals surface area (Å²) in [5.74, 6) is 4.38. The van der Waals surface area contributed by atoms with Gasteiger partial charge in [0.2, 0.25) is 0 Å². The van der Waals surface area contributed by atoms with E-state index in [9.17, 15) is 0 Å². The summed E-state index contributed by atoms with van der Waals surface area (Å²) in [5, 5.41) is 0. The highest BCUT2D eigenvalue weighted by molar-refractivity contribution is 5.35. The first-order chi connectivity index (χ1) is 11.9. The lowest BCUT2D eigenvalue weighted by Crippen LogP contribution is -2.47. The summed E-state index contributed by atoms with van der Waals surface area (Å²) >= 11 is 0. The quantitative estimate of drug-likeness (QED) is 0.776. The van der Waals surface area contributed by atoms with Crippen molar-refractivity contribution >= 4 is 0 Å². The van der Waals surface area contributed by atoms with Crippen LogP contribution in [0.4, 0.5) is 0 Å². The first-order valence-electron chi connectivity index (χ1n) is 9.05. The van der Waals surface area contributed by atoms with E-state index < -0.39 is 0 Å². The van der Waals surface area contributed by atoms with Gasteiger partial charge in [0.15, 0.2) is 0 Å². The highest BCUT2D eigenvalue weighted by Crippen LogP contribution is 2.34. The summed E-state index contributed by atoms with van der Waals surface area (Å²) < 4.78 is 11.8. The summed E-state index contributed by atoms with van der Waals surface area (Å²) in [7, 11) is 0. The van der Waals surface area contributed by atoms with Crippen LogP contribution in [0.25, 0.3) is 0 Å². The first kappa shape index (κ1) is 15.5. The normalized spacial score (nSPS) is 25.4. The second kappa shape index (κ2) is 7.27. The van der Waals surface area contributed by atoms with Crippen LogP contribution in [0.1, 0.15) is 19.3 Å². The van der Waals surface area contributed by atoms with E-state index in [2.05, 4.69) is 4.90 Å². The molecule has 126 valence electrons. The van der Waals surface area contributed by atoms with Crippen molar-refractivity contribution in [2.75, 3.05) is 26.2 Å². The van der Waals surface area contributed by atoms with E-state index in [0.29, 0.717) is 0 Å². The number of benzene rings is 2. The smallest absolute Gasteiger partial charge is 0.127 e. The van der Waals surface area contributed by atoms with Gasteiger partial charge in [-0.05, 0) is 80.6 Å². The van der Waals surface area contributed by atoms with Gasteiger partial charge in [-0.2, -0.15) is 0 Å².